The standard InChI is InChI=1S/C16H27N.CH4O/c1-4-13-17(3)14-9-5-6-11-16-12-8-7-10-15(16)2;1-2/h7-8,10,12H,4-6,9,11,13-14H2,1-3H3;2H,1H3. The predicted molar refractivity (Wildman–Crippen MR) is 84.7 cm³/mol. The summed E-state index contributed by atoms with van der Waals surface area (Å²) in [5.74, 6) is 0. The molecule has 0 heterocycles. The number of aliphatic hydroxyl groups is 1. The highest BCUT2D eigenvalue weighted by Gasteiger charge is 1.98. The van der Waals surface area contributed by atoms with E-state index in [4.69, 9.17) is 5.11 Å². The van der Waals surface area contributed by atoms with Gasteiger partial charge in [-0.15, -0.1) is 0 Å². The quantitative estimate of drug-likeness (QED) is 0.725. The maximum absolute atomic E-state index is 7.00. The maximum Gasteiger partial charge on any atom is 0.0319 e. The van der Waals surface area contributed by atoms with Crippen LogP contribution >= 0.6 is 0 Å². The molecule has 0 spiro atoms. The van der Waals surface area contributed by atoms with Crippen molar-refractivity contribution in [2.45, 2.75) is 46.0 Å². The zero-order valence-corrected chi connectivity index (χ0v) is 13.2. The maximum atomic E-state index is 7.00. The monoisotopic (exact) mass is 265 g/mol. The summed E-state index contributed by atoms with van der Waals surface area (Å²) >= 11 is 0. The lowest BCUT2D eigenvalue weighted by atomic mass is 10.0. The second-order valence-electron chi connectivity index (χ2n) is 5.04. The number of benzene rings is 1. The van der Waals surface area contributed by atoms with Crippen LogP contribution in [0, 0.1) is 6.92 Å². The van der Waals surface area contributed by atoms with E-state index in [-0.39, 0.29) is 0 Å². The van der Waals surface area contributed by atoms with Crippen molar-refractivity contribution in [3.63, 3.8) is 0 Å². The fourth-order valence-electron chi connectivity index (χ4n) is 2.26. The zero-order valence-electron chi connectivity index (χ0n) is 13.2. The van der Waals surface area contributed by atoms with Gasteiger partial charge in [-0.05, 0) is 63.9 Å². The highest BCUT2D eigenvalue weighted by Crippen LogP contribution is 2.11. The van der Waals surface area contributed by atoms with Crippen LogP contribution in [0.25, 0.3) is 0 Å². The fourth-order valence-corrected chi connectivity index (χ4v) is 2.26. The molecule has 1 rings (SSSR count). The molecule has 0 aliphatic carbocycles. The Morgan fingerprint density at radius 2 is 1.68 bits per heavy atom. The fraction of sp³-hybridized carbons (Fsp3) is 0.647. The molecule has 2 nitrogen and oxygen atoms in total. The summed E-state index contributed by atoms with van der Waals surface area (Å²) in [6.45, 7) is 6.94. The SMILES string of the molecule is CCCN(C)CCCCCc1ccccc1C.CO. The molecule has 0 saturated carbocycles. The van der Waals surface area contributed by atoms with Gasteiger partial charge in [-0.25, -0.2) is 0 Å². The number of rotatable bonds is 8. The van der Waals surface area contributed by atoms with Gasteiger partial charge in [0.2, 0.25) is 0 Å². The van der Waals surface area contributed by atoms with E-state index in [1.165, 1.54) is 56.3 Å². The second kappa shape index (κ2) is 12.2. The van der Waals surface area contributed by atoms with Gasteiger partial charge in [-0.1, -0.05) is 37.6 Å². The Labute approximate surface area is 119 Å². The molecular formula is C17H31NO. The van der Waals surface area contributed by atoms with Gasteiger partial charge >= 0.3 is 0 Å². The Kier molecular flexibility index (Phi) is 11.6. The van der Waals surface area contributed by atoms with Crippen LogP contribution in [-0.2, 0) is 6.42 Å². The first-order chi connectivity index (χ1) is 9.24. The van der Waals surface area contributed by atoms with Crippen molar-refractivity contribution < 1.29 is 5.11 Å². The molecule has 2 heteroatoms. The molecule has 1 aromatic rings. The Hall–Kier alpha value is -0.860. The van der Waals surface area contributed by atoms with Gasteiger partial charge in [0.05, 0.1) is 0 Å². The summed E-state index contributed by atoms with van der Waals surface area (Å²) < 4.78 is 0. The minimum Gasteiger partial charge on any atom is -0.400 e. The van der Waals surface area contributed by atoms with E-state index in [2.05, 4.69) is 50.1 Å². The number of hydrogen-bond donors (Lipinski definition) is 1. The molecule has 0 fully saturated rings. The average molecular weight is 265 g/mol. The summed E-state index contributed by atoms with van der Waals surface area (Å²) in [5, 5.41) is 7.00. The third-order valence-electron chi connectivity index (χ3n) is 3.35. The van der Waals surface area contributed by atoms with Crippen molar-refractivity contribution >= 4 is 0 Å². The smallest absolute Gasteiger partial charge is 0.0319 e. The predicted octanol–water partition coefficient (Wildman–Crippen LogP) is 3.66. The van der Waals surface area contributed by atoms with Crippen molar-refractivity contribution in [1.82, 2.24) is 4.90 Å². The molecule has 0 aliphatic rings. The molecule has 1 aromatic carbocycles. The van der Waals surface area contributed by atoms with E-state index in [9.17, 15) is 0 Å². The van der Waals surface area contributed by atoms with E-state index in [1.54, 1.807) is 0 Å². The third kappa shape index (κ3) is 8.79. The summed E-state index contributed by atoms with van der Waals surface area (Å²) in [7, 11) is 3.23. The van der Waals surface area contributed by atoms with E-state index in [0.29, 0.717) is 0 Å². The van der Waals surface area contributed by atoms with Crippen LogP contribution in [0.5, 0.6) is 0 Å². The van der Waals surface area contributed by atoms with Gasteiger partial charge in [0.15, 0.2) is 0 Å². The molecule has 0 atom stereocenters. The van der Waals surface area contributed by atoms with Crippen LogP contribution in [0.1, 0.15) is 43.7 Å². The van der Waals surface area contributed by atoms with Crippen molar-refractivity contribution in [2.24, 2.45) is 0 Å². The number of nitrogens with zero attached hydrogens (tertiary/aromatic N) is 1. The second-order valence-corrected chi connectivity index (χ2v) is 5.04. The van der Waals surface area contributed by atoms with Crippen LogP contribution in [-0.4, -0.2) is 37.3 Å². The first-order valence-electron chi connectivity index (χ1n) is 7.41. The zero-order chi connectivity index (χ0) is 14.5. The molecule has 19 heavy (non-hydrogen) atoms. The van der Waals surface area contributed by atoms with Gasteiger partial charge in [-0.2, -0.15) is 0 Å². The van der Waals surface area contributed by atoms with Gasteiger partial charge in [-0.3, -0.25) is 0 Å². The van der Waals surface area contributed by atoms with Crippen LogP contribution in [0.2, 0.25) is 0 Å². The van der Waals surface area contributed by atoms with E-state index < -0.39 is 0 Å². The lowest BCUT2D eigenvalue weighted by molar-refractivity contribution is 0.325. The molecule has 0 radical (unpaired) electrons. The lowest BCUT2D eigenvalue weighted by Gasteiger charge is -2.14. The van der Waals surface area contributed by atoms with E-state index in [0.717, 1.165) is 7.11 Å². The van der Waals surface area contributed by atoms with Crippen molar-refractivity contribution in [1.29, 1.82) is 0 Å². The molecule has 0 aliphatic heterocycles. The first-order valence-corrected chi connectivity index (χ1v) is 7.41. The minimum atomic E-state index is 1.00. The van der Waals surface area contributed by atoms with Crippen molar-refractivity contribution in [3.8, 4) is 0 Å². The molecule has 0 saturated heterocycles. The van der Waals surface area contributed by atoms with E-state index in [1.807, 2.05) is 0 Å². The Morgan fingerprint density at radius 3 is 2.32 bits per heavy atom. The Balaban J connectivity index is 0.00000154. The van der Waals surface area contributed by atoms with Gasteiger partial charge < -0.3 is 10.0 Å². The van der Waals surface area contributed by atoms with Gasteiger partial charge in [0, 0.05) is 7.11 Å². The molecule has 0 amide bonds. The van der Waals surface area contributed by atoms with Crippen molar-refractivity contribution in [2.75, 3.05) is 27.2 Å². The lowest BCUT2D eigenvalue weighted by Crippen LogP contribution is -2.20. The highest BCUT2D eigenvalue weighted by atomic mass is 16.2. The number of aliphatic hydroxyl groups excluding tert-OH is 1. The summed E-state index contributed by atoms with van der Waals surface area (Å²) in [6.07, 6.45) is 6.51. The van der Waals surface area contributed by atoms with Gasteiger partial charge in [0.1, 0.15) is 0 Å². The van der Waals surface area contributed by atoms with Crippen molar-refractivity contribution in [3.05, 3.63) is 35.4 Å². The Bertz CT molecular complexity index is 312. The normalized spacial score (nSPS) is 10.2. The molecule has 0 aromatic heterocycles. The van der Waals surface area contributed by atoms with Crippen LogP contribution < -0.4 is 0 Å². The first kappa shape index (κ1) is 18.1. The molecule has 0 unspecified atom stereocenters. The van der Waals surface area contributed by atoms with Crippen LogP contribution in [0.4, 0.5) is 0 Å². The van der Waals surface area contributed by atoms with Crippen LogP contribution in [0.15, 0.2) is 24.3 Å². The number of unbranched alkanes of at least 4 members (excludes halogenated alkanes) is 2. The molecule has 1 N–H and O–H groups in total. The van der Waals surface area contributed by atoms with Gasteiger partial charge in [0.25, 0.3) is 0 Å². The number of hydrogen-bond acceptors (Lipinski definition) is 2. The van der Waals surface area contributed by atoms with Crippen LogP contribution in [0.3, 0.4) is 0 Å². The number of aryl methyl sites for hydroxylation is 2. The Morgan fingerprint density at radius 1 is 1.00 bits per heavy atom. The largest absolute Gasteiger partial charge is 0.400 e. The topological polar surface area (TPSA) is 23.5 Å². The minimum absolute atomic E-state index is 1.00. The molecule has 0 bridgehead atoms. The summed E-state index contributed by atoms with van der Waals surface area (Å²) in [5.41, 5.74) is 2.96. The summed E-state index contributed by atoms with van der Waals surface area (Å²) in [4.78, 5) is 2.44. The highest BCUT2D eigenvalue weighted by molar-refractivity contribution is 5.25. The molecule has 110 valence electrons. The summed E-state index contributed by atoms with van der Waals surface area (Å²) in [6, 6.07) is 8.75. The third-order valence-corrected chi connectivity index (χ3v) is 3.35. The van der Waals surface area contributed by atoms with E-state index >= 15 is 0 Å². The average Bonchev–Trinajstić information content (AvgIpc) is 2.43. The molecular weight excluding hydrogens is 234 g/mol.